The molecule has 1 aliphatic heterocycles. The maximum Gasteiger partial charge on any atom is 0.243 e. The summed E-state index contributed by atoms with van der Waals surface area (Å²) in [6.07, 6.45) is 6.52. The number of rotatable bonds is 3. The van der Waals surface area contributed by atoms with Crippen LogP contribution in [0.25, 0.3) is 0 Å². The van der Waals surface area contributed by atoms with Crippen molar-refractivity contribution in [2.75, 3.05) is 13.1 Å². The number of hydrogen-bond donors (Lipinski definition) is 2. The van der Waals surface area contributed by atoms with Gasteiger partial charge in [0.1, 0.15) is 0 Å². The molecule has 0 atom stereocenters. The lowest BCUT2D eigenvalue weighted by molar-refractivity contribution is -0.117. The van der Waals surface area contributed by atoms with Gasteiger partial charge in [-0.05, 0) is 38.4 Å². The van der Waals surface area contributed by atoms with E-state index in [0.29, 0.717) is 6.04 Å². The topological polar surface area (TPSA) is 41.1 Å². The van der Waals surface area contributed by atoms with Crippen molar-refractivity contribution in [3.8, 4) is 0 Å². The van der Waals surface area contributed by atoms with Crippen LogP contribution in [0.4, 0.5) is 0 Å². The smallest absolute Gasteiger partial charge is 0.243 e. The molecule has 0 aromatic carbocycles. The van der Waals surface area contributed by atoms with Crippen LogP contribution >= 0.6 is 0 Å². The third-order valence-electron chi connectivity index (χ3n) is 2.19. The summed E-state index contributed by atoms with van der Waals surface area (Å²) >= 11 is 0. The van der Waals surface area contributed by atoms with Crippen molar-refractivity contribution >= 4 is 5.91 Å². The average molecular weight is 182 g/mol. The monoisotopic (exact) mass is 182 g/mol. The van der Waals surface area contributed by atoms with Gasteiger partial charge in [-0.1, -0.05) is 13.0 Å². The summed E-state index contributed by atoms with van der Waals surface area (Å²) in [5.74, 6) is 0.0498. The highest BCUT2D eigenvalue weighted by Gasteiger charge is 2.13. The standard InChI is InChI=1S/C10H18N2O/c1-2-3-4-10(13)12-9-5-7-11-8-6-9/h3-4,9,11H,2,5-8H2,1H3,(H,12,13)/b4-3+. The molecule has 1 heterocycles. The van der Waals surface area contributed by atoms with Crippen LogP contribution in [0.2, 0.25) is 0 Å². The molecule has 0 radical (unpaired) electrons. The van der Waals surface area contributed by atoms with E-state index < -0.39 is 0 Å². The van der Waals surface area contributed by atoms with Crippen LogP contribution in [-0.2, 0) is 4.79 Å². The zero-order valence-electron chi connectivity index (χ0n) is 8.18. The van der Waals surface area contributed by atoms with Crippen LogP contribution in [0.3, 0.4) is 0 Å². The van der Waals surface area contributed by atoms with Gasteiger partial charge in [-0.15, -0.1) is 0 Å². The van der Waals surface area contributed by atoms with Crippen LogP contribution in [0.5, 0.6) is 0 Å². The van der Waals surface area contributed by atoms with E-state index in [-0.39, 0.29) is 5.91 Å². The molecule has 1 rings (SSSR count). The number of amides is 1. The Kier molecular flexibility index (Phi) is 4.54. The molecule has 0 unspecified atom stereocenters. The summed E-state index contributed by atoms with van der Waals surface area (Å²) in [5, 5.41) is 6.25. The minimum Gasteiger partial charge on any atom is -0.350 e. The Morgan fingerprint density at radius 1 is 1.54 bits per heavy atom. The van der Waals surface area contributed by atoms with Gasteiger partial charge in [-0.2, -0.15) is 0 Å². The fourth-order valence-corrected chi connectivity index (χ4v) is 1.44. The Morgan fingerprint density at radius 3 is 2.85 bits per heavy atom. The predicted molar refractivity (Wildman–Crippen MR) is 53.5 cm³/mol. The quantitative estimate of drug-likeness (QED) is 0.634. The van der Waals surface area contributed by atoms with Crippen LogP contribution < -0.4 is 10.6 Å². The molecule has 0 aromatic heterocycles. The normalized spacial score (nSPS) is 19.2. The van der Waals surface area contributed by atoms with Gasteiger partial charge in [0.25, 0.3) is 0 Å². The molecule has 0 spiro atoms. The lowest BCUT2D eigenvalue weighted by Gasteiger charge is -2.22. The van der Waals surface area contributed by atoms with Crippen molar-refractivity contribution < 1.29 is 4.79 Å². The molecule has 3 heteroatoms. The molecule has 13 heavy (non-hydrogen) atoms. The molecular formula is C10H18N2O. The minimum atomic E-state index is 0.0498. The Labute approximate surface area is 79.6 Å². The molecule has 1 saturated heterocycles. The van der Waals surface area contributed by atoms with Gasteiger partial charge in [0.2, 0.25) is 5.91 Å². The van der Waals surface area contributed by atoms with E-state index >= 15 is 0 Å². The van der Waals surface area contributed by atoms with E-state index in [2.05, 4.69) is 10.6 Å². The Bertz CT molecular complexity index is 183. The number of nitrogens with one attached hydrogen (secondary N) is 2. The first-order valence-electron chi connectivity index (χ1n) is 5.00. The van der Waals surface area contributed by atoms with E-state index in [4.69, 9.17) is 0 Å². The lowest BCUT2D eigenvalue weighted by atomic mass is 10.1. The molecule has 0 aliphatic carbocycles. The van der Waals surface area contributed by atoms with Crippen molar-refractivity contribution in [2.45, 2.75) is 32.2 Å². The second-order valence-corrected chi connectivity index (χ2v) is 3.34. The van der Waals surface area contributed by atoms with Crippen LogP contribution in [0.15, 0.2) is 12.2 Å². The summed E-state index contributed by atoms with van der Waals surface area (Å²) in [7, 11) is 0. The van der Waals surface area contributed by atoms with Gasteiger partial charge in [0.15, 0.2) is 0 Å². The molecule has 0 aromatic rings. The first-order valence-corrected chi connectivity index (χ1v) is 5.00. The SMILES string of the molecule is CC/C=C/C(=O)NC1CCNCC1. The summed E-state index contributed by atoms with van der Waals surface area (Å²) in [4.78, 5) is 11.3. The van der Waals surface area contributed by atoms with Crippen molar-refractivity contribution in [3.05, 3.63) is 12.2 Å². The van der Waals surface area contributed by atoms with Gasteiger partial charge in [0.05, 0.1) is 0 Å². The van der Waals surface area contributed by atoms with Gasteiger partial charge in [-0.25, -0.2) is 0 Å². The van der Waals surface area contributed by atoms with E-state index in [1.807, 2.05) is 13.0 Å². The van der Waals surface area contributed by atoms with Crippen LogP contribution in [0.1, 0.15) is 26.2 Å². The molecular weight excluding hydrogens is 164 g/mol. The minimum absolute atomic E-state index is 0.0498. The van der Waals surface area contributed by atoms with Gasteiger partial charge in [-0.3, -0.25) is 4.79 Å². The second-order valence-electron chi connectivity index (χ2n) is 3.34. The number of piperidine rings is 1. The van der Waals surface area contributed by atoms with Crippen molar-refractivity contribution in [1.29, 1.82) is 0 Å². The summed E-state index contributed by atoms with van der Waals surface area (Å²) < 4.78 is 0. The Hall–Kier alpha value is -0.830. The number of hydrogen-bond acceptors (Lipinski definition) is 2. The van der Waals surface area contributed by atoms with Crippen LogP contribution in [0, 0.1) is 0 Å². The van der Waals surface area contributed by atoms with Gasteiger partial charge < -0.3 is 10.6 Å². The second kappa shape index (κ2) is 5.75. The number of carbonyl (C=O) groups is 1. The van der Waals surface area contributed by atoms with E-state index in [0.717, 1.165) is 32.4 Å². The summed E-state index contributed by atoms with van der Waals surface area (Å²) in [5.41, 5.74) is 0. The highest BCUT2D eigenvalue weighted by Crippen LogP contribution is 2.01. The molecule has 0 bridgehead atoms. The van der Waals surface area contributed by atoms with Crippen molar-refractivity contribution in [2.24, 2.45) is 0 Å². The number of allylic oxidation sites excluding steroid dienone is 1. The lowest BCUT2D eigenvalue weighted by Crippen LogP contribution is -2.42. The van der Waals surface area contributed by atoms with Gasteiger partial charge >= 0.3 is 0 Å². The first-order chi connectivity index (χ1) is 6.33. The Balaban J connectivity index is 2.22. The van der Waals surface area contributed by atoms with Crippen molar-refractivity contribution in [3.63, 3.8) is 0 Å². The van der Waals surface area contributed by atoms with E-state index in [1.54, 1.807) is 6.08 Å². The number of carbonyl (C=O) groups excluding carboxylic acids is 1. The van der Waals surface area contributed by atoms with E-state index in [9.17, 15) is 4.79 Å². The average Bonchev–Trinajstić information content (AvgIpc) is 2.16. The molecule has 1 amide bonds. The van der Waals surface area contributed by atoms with E-state index in [1.165, 1.54) is 0 Å². The highest BCUT2D eigenvalue weighted by molar-refractivity contribution is 5.87. The summed E-state index contributed by atoms with van der Waals surface area (Å²) in [6, 6.07) is 0.371. The molecule has 3 nitrogen and oxygen atoms in total. The molecule has 1 aliphatic rings. The predicted octanol–water partition coefficient (Wildman–Crippen LogP) is 0.821. The van der Waals surface area contributed by atoms with Gasteiger partial charge in [0, 0.05) is 6.04 Å². The highest BCUT2D eigenvalue weighted by atomic mass is 16.1. The maximum absolute atomic E-state index is 11.3. The largest absolute Gasteiger partial charge is 0.350 e. The molecule has 0 saturated carbocycles. The third kappa shape index (κ3) is 4.08. The molecule has 74 valence electrons. The maximum atomic E-state index is 11.3. The Morgan fingerprint density at radius 2 is 2.23 bits per heavy atom. The first kappa shape index (κ1) is 10.3. The molecule has 2 N–H and O–H groups in total. The third-order valence-corrected chi connectivity index (χ3v) is 2.19. The zero-order valence-corrected chi connectivity index (χ0v) is 8.18. The molecule has 1 fully saturated rings. The fourth-order valence-electron chi connectivity index (χ4n) is 1.44. The fraction of sp³-hybridized carbons (Fsp3) is 0.700. The summed E-state index contributed by atoms with van der Waals surface area (Å²) in [6.45, 7) is 4.05. The van der Waals surface area contributed by atoms with Crippen molar-refractivity contribution in [1.82, 2.24) is 10.6 Å². The van der Waals surface area contributed by atoms with Crippen LogP contribution in [-0.4, -0.2) is 25.0 Å². The zero-order chi connectivity index (χ0) is 9.52.